The van der Waals surface area contributed by atoms with Gasteiger partial charge in [0.2, 0.25) is 5.43 Å². The van der Waals surface area contributed by atoms with Gasteiger partial charge in [0, 0.05) is 31.4 Å². The number of carbonyl (C=O) groups is 1. The maximum Gasteiger partial charge on any atom is 0.341 e. The third-order valence-electron chi connectivity index (χ3n) is 5.41. The van der Waals surface area contributed by atoms with E-state index in [-0.39, 0.29) is 62.3 Å². The van der Waals surface area contributed by atoms with Gasteiger partial charge in [-0.15, -0.1) is 0 Å². The summed E-state index contributed by atoms with van der Waals surface area (Å²) >= 11 is 0. The summed E-state index contributed by atoms with van der Waals surface area (Å²) < 4.78 is 42.3. The highest BCUT2D eigenvalue weighted by molar-refractivity contribution is 5.97. The van der Waals surface area contributed by atoms with Crippen molar-refractivity contribution >= 4 is 22.6 Å². The number of carboxylic acids is 1. The number of benzene rings is 1. The number of pyridine rings is 1. The highest BCUT2D eigenvalue weighted by Gasteiger charge is 2.31. The summed E-state index contributed by atoms with van der Waals surface area (Å²) in [5, 5.41) is 9.29. The van der Waals surface area contributed by atoms with E-state index in [4.69, 9.17) is 15.2 Å². The first-order valence-corrected chi connectivity index (χ1v) is 9.50. The van der Waals surface area contributed by atoms with Crippen LogP contribution in [0.1, 0.15) is 23.3 Å². The number of aromatic nitrogens is 1. The van der Waals surface area contributed by atoms with Crippen molar-refractivity contribution in [1.82, 2.24) is 4.57 Å². The summed E-state index contributed by atoms with van der Waals surface area (Å²) in [7, 11) is 0. The van der Waals surface area contributed by atoms with Crippen molar-refractivity contribution in [2.24, 2.45) is 5.73 Å². The van der Waals surface area contributed by atoms with E-state index in [9.17, 15) is 19.1 Å². The molecule has 8 nitrogen and oxygen atoms in total. The lowest BCUT2D eigenvalue weighted by molar-refractivity contribution is 0.0694. The average Bonchev–Trinajstić information content (AvgIpc) is 2.97. The van der Waals surface area contributed by atoms with Crippen molar-refractivity contribution < 1.29 is 28.2 Å². The van der Waals surface area contributed by atoms with Crippen LogP contribution in [0, 0.1) is 5.82 Å². The third kappa shape index (κ3) is 3.21. The van der Waals surface area contributed by atoms with E-state index < -0.39 is 28.6 Å². The Hall–Kier alpha value is -2.98. The summed E-state index contributed by atoms with van der Waals surface area (Å²) in [5.74, 6) is -2.53. The van der Waals surface area contributed by atoms with Gasteiger partial charge in [-0.05, 0) is 13.0 Å². The zero-order valence-corrected chi connectivity index (χ0v) is 16.3. The van der Waals surface area contributed by atoms with Crippen LogP contribution in [0.2, 0.25) is 0 Å². The SMILES string of the molecule is C[C@H]1COc2c(N3CCOCC(=C(F)CN)C3)c(F)cc3c(=O)c(C(=O)O)cn1c23. The van der Waals surface area contributed by atoms with E-state index >= 15 is 4.39 Å². The summed E-state index contributed by atoms with van der Waals surface area (Å²) in [6.07, 6.45) is 1.26. The van der Waals surface area contributed by atoms with Gasteiger partial charge in [-0.3, -0.25) is 4.79 Å². The number of nitrogens with zero attached hydrogens (tertiary/aromatic N) is 2. The molecule has 2 aliphatic rings. The first-order valence-electron chi connectivity index (χ1n) is 9.50. The van der Waals surface area contributed by atoms with Crippen LogP contribution in [-0.2, 0) is 4.74 Å². The molecule has 0 amide bonds. The number of hydrogen-bond acceptors (Lipinski definition) is 6. The first kappa shape index (κ1) is 20.3. The Morgan fingerprint density at radius 1 is 1.43 bits per heavy atom. The van der Waals surface area contributed by atoms with Crippen molar-refractivity contribution in [3.05, 3.63) is 45.3 Å². The zero-order chi connectivity index (χ0) is 21.6. The molecule has 0 saturated carbocycles. The summed E-state index contributed by atoms with van der Waals surface area (Å²) in [6.45, 7) is 2.28. The van der Waals surface area contributed by atoms with Gasteiger partial charge in [0.1, 0.15) is 23.7 Å². The van der Waals surface area contributed by atoms with Crippen LogP contribution in [0.25, 0.3) is 10.9 Å². The molecule has 1 aromatic heterocycles. The topological polar surface area (TPSA) is 107 Å². The number of carboxylic acid groups (broad SMARTS) is 1. The van der Waals surface area contributed by atoms with Crippen molar-refractivity contribution in [3.8, 4) is 5.75 Å². The van der Waals surface area contributed by atoms with Crippen molar-refractivity contribution in [1.29, 1.82) is 0 Å². The minimum absolute atomic E-state index is 0.0502. The van der Waals surface area contributed by atoms with Gasteiger partial charge in [-0.1, -0.05) is 0 Å². The smallest absolute Gasteiger partial charge is 0.341 e. The quantitative estimate of drug-likeness (QED) is 0.778. The van der Waals surface area contributed by atoms with Crippen molar-refractivity contribution in [3.63, 3.8) is 0 Å². The van der Waals surface area contributed by atoms with E-state index in [0.29, 0.717) is 11.1 Å². The Kier molecular flexibility index (Phi) is 5.20. The molecule has 1 fully saturated rings. The molecule has 1 aromatic carbocycles. The van der Waals surface area contributed by atoms with Crippen LogP contribution in [0.15, 0.2) is 28.5 Å². The van der Waals surface area contributed by atoms with E-state index in [1.807, 2.05) is 0 Å². The van der Waals surface area contributed by atoms with Gasteiger partial charge in [0.05, 0.1) is 30.2 Å². The second-order valence-corrected chi connectivity index (χ2v) is 7.36. The fourth-order valence-electron chi connectivity index (χ4n) is 3.88. The Morgan fingerprint density at radius 2 is 2.20 bits per heavy atom. The minimum atomic E-state index is -1.38. The zero-order valence-electron chi connectivity index (χ0n) is 16.3. The predicted molar refractivity (Wildman–Crippen MR) is 106 cm³/mol. The monoisotopic (exact) mass is 421 g/mol. The summed E-state index contributed by atoms with van der Waals surface area (Å²) in [6, 6.07) is 0.754. The Bertz CT molecular complexity index is 1130. The fraction of sp³-hybridized carbons (Fsp3) is 0.400. The first-order chi connectivity index (χ1) is 14.3. The van der Waals surface area contributed by atoms with Crippen LogP contribution in [0.5, 0.6) is 5.75 Å². The van der Waals surface area contributed by atoms with Crippen LogP contribution in [-0.4, -0.2) is 55.1 Å². The van der Waals surface area contributed by atoms with Gasteiger partial charge < -0.3 is 29.8 Å². The van der Waals surface area contributed by atoms with Crippen LogP contribution in [0.3, 0.4) is 0 Å². The predicted octanol–water partition coefficient (Wildman–Crippen LogP) is 1.81. The van der Waals surface area contributed by atoms with E-state index in [0.717, 1.165) is 6.07 Å². The van der Waals surface area contributed by atoms with Crippen LogP contribution in [0.4, 0.5) is 14.5 Å². The van der Waals surface area contributed by atoms with Gasteiger partial charge in [-0.25, -0.2) is 13.6 Å². The summed E-state index contributed by atoms with van der Waals surface area (Å²) in [4.78, 5) is 25.8. The molecule has 3 heterocycles. The van der Waals surface area contributed by atoms with Crippen molar-refractivity contribution in [2.45, 2.75) is 13.0 Å². The van der Waals surface area contributed by atoms with Crippen LogP contribution < -0.4 is 20.8 Å². The Labute approximate surface area is 170 Å². The molecule has 1 atom stereocenters. The maximum atomic E-state index is 15.3. The van der Waals surface area contributed by atoms with E-state index in [1.165, 1.54) is 6.20 Å². The van der Waals surface area contributed by atoms with E-state index in [2.05, 4.69) is 0 Å². The Morgan fingerprint density at radius 3 is 2.90 bits per heavy atom. The largest absolute Gasteiger partial charge is 0.487 e. The molecule has 0 radical (unpaired) electrons. The number of ether oxygens (including phenoxy) is 2. The number of aromatic carboxylic acids is 1. The van der Waals surface area contributed by atoms with Gasteiger partial charge >= 0.3 is 5.97 Å². The standard InChI is InChI=1S/C20H21F2N3O5/c1-10-8-30-19-16-12(18(26)13(20(27)28)7-25(10)16)4-14(21)17(19)24-2-3-29-9-11(6-24)15(22)5-23/h4,7,10H,2-3,5-6,8-9,23H2,1H3,(H,27,28)/t10-/m0/s1. The maximum absolute atomic E-state index is 15.3. The highest BCUT2D eigenvalue weighted by Crippen LogP contribution is 2.42. The lowest BCUT2D eigenvalue weighted by Crippen LogP contribution is -2.32. The number of nitrogens with two attached hydrogens (primary N) is 1. The number of rotatable bonds is 3. The molecule has 1 saturated heterocycles. The lowest BCUT2D eigenvalue weighted by atomic mass is 10.1. The van der Waals surface area contributed by atoms with Crippen LogP contribution >= 0.6 is 0 Å². The average molecular weight is 421 g/mol. The molecule has 2 aromatic rings. The molecule has 30 heavy (non-hydrogen) atoms. The summed E-state index contributed by atoms with van der Waals surface area (Å²) in [5.41, 5.74) is 4.89. The third-order valence-corrected chi connectivity index (χ3v) is 5.41. The second kappa shape index (κ2) is 7.69. The number of halogens is 2. The molecule has 10 heteroatoms. The lowest BCUT2D eigenvalue weighted by Gasteiger charge is -2.32. The normalized spacial score (nSPS) is 20.7. The molecule has 0 unspecified atom stereocenters. The van der Waals surface area contributed by atoms with Gasteiger partial charge in [0.15, 0.2) is 11.6 Å². The van der Waals surface area contributed by atoms with Gasteiger partial charge in [0.25, 0.3) is 0 Å². The van der Waals surface area contributed by atoms with Crippen molar-refractivity contribution in [2.75, 3.05) is 44.4 Å². The molecular formula is C20H21F2N3O5. The molecule has 3 N–H and O–H groups in total. The molecule has 4 rings (SSSR count). The molecular weight excluding hydrogens is 400 g/mol. The number of hydrogen-bond donors (Lipinski definition) is 2. The van der Waals surface area contributed by atoms with Gasteiger partial charge in [-0.2, -0.15) is 0 Å². The minimum Gasteiger partial charge on any atom is -0.487 e. The number of anilines is 1. The molecule has 0 bridgehead atoms. The van der Waals surface area contributed by atoms with E-state index in [1.54, 1.807) is 16.4 Å². The molecule has 0 aliphatic carbocycles. The molecule has 0 spiro atoms. The Balaban J connectivity index is 1.97. The fourth-order valence-corrected chi connectivity index (χ4v) is 3.88. The molecule has 160 valence electrons. The highest BCUT2D eigenvalue weighted by atomic mass is 19.1. The molecule has 2 aliphatic heterocycles. The second-order valence-electron chi connectivity index (χ2n) is 7.36.